The minimum atomic E-state index is -0.916. The zero-order valence-electron chi connectivity index (χ0n) is 23.4. The Morgan fingerprint density at radius 1 is 0.279 bits per heavy atom. The molecule has 0 aromatic rings. The molecule has 5 N–H and O–H groups in total. The van der Waals surface area contributed by atoms with Gasteiger partial charge in [0.05, 0.1) is 32.1 Å². The Morgan fingerprint density at radius 3 is 0.395 bits per heavy atom. The van der Waals surface area contributed by atoms with Crippen molar-refractivity contribution in [3.05, 3.63) is 0 Å². The Balaban J connectivity index is -0.0000000583. The second-order valence-electron chi connectivity index (χ2n) is 7.98. The van der Waals surface area contributed by atoms with Crippen molar-refractivity contribution in [2.24, 2.45) is 0 Å². The van der Waals surface area contributed by atoms with E-state index in [9.17, 15) is 47.9 Å². The molecule has 0 aliphatic carbocycles. The summed E-state index contributed by atoms with van der Waals surface area (Å²) in [5, 5.41) is 40.1. The molecule has 0 aliphatic heterocycles. The van der Waals surface area contributed by atoms with Crippen LogP contribution < -0.4 is 0 Å². The van der Waals surface area contributed by atoms with Crippen LogP contribution in [-0.2, 0) is 47.9 Å². The first kappa shape index (κ1) is 60.8. The number of hydrogen-bond donors (Lipinski definition) is 5. The molecule has 0 spiro atoms. The third-order valence-electron chi connectivity index (χ3n) is 3.45. The summed E-state index contributed by atoms with van der Waals surface area (Å²) in [5.74, 6) is -4.96. The van der Waals surface area contributed by atoms with Crippen LogP contribution in [0.25, 0.3) is 0 Å². The molecule has 43 heavy (non-hydrogen) atoms. The molecule has 0 radical (unpaired) electrons. The van der Waals surface area contributed by atoms with Crippen LogP contribution >= 0.6 is 0 Å². The molecule has 0 aliphatic rings. The quantitative estimate of drug-likeness (QED) is 0.148. The third kappa shape index (κ3) is 109. The van der Waals surface area contributed by atoms with E-state index in [-0.39, 0.29) is 182 Å². The second kappa shape index (κ2) is 42.8. The molecule has 15 nitrogen and oxygen atoms in total. The van der Waals surface area contributed by atoms with Crippen LogP contribution in [0.5, 0.6) is 0 Å². The van der Waals surface area contributed by atoms with Crippen molar-refractivity contribution in [2.75, 3.05) is 0 Å². The number of carbonyl (C=O) groups excluding carboxylic acids is 5. The Labute approximate surface area is 316 Å². The SMILES string of the molecule is CC(=O)CCC(=O)O.CC(=O)CCC(=O)O.CC(=O)CCC(=O)O.CC(=O)CCC(=O)O.CC(=O)CCC(=O)O.[NaH].[NaH].[NaH]. The van der Waals surface area contributed by atoms with E-state index in [2.05, 4.69) is 0 Å². The molecule has 0 fully saturated rings. The van der Waals surface area contributed by atoms with Gasteiger partial charge >= 0.3 is 119 Å². The van der Waals surface area contributed by atoms with Crippen molar-refractivity contribution in [3.63, 3.8) is 0 Å². The van der Waals surface area contributed by atoms with E-state index in [1.165, 1.54) is 34.6 Å². The maximum atomic E-state index is 10.1. The molecule has 0 atom stereocenters. The Bertz CT molecular complexity index is 639. The summed E-state index contributed by atoms with van der Waals surface area (Å²) >= 11 is 0. The molecule has 0 saturated carbocycles. The van der Waals surface area contributed by atoms with E-state index < -0.39 is 29.8 Å². The average molecular weight is 653 g/mol. The predicted octanol–water partition coefficient (Wildman–Crippen LogP) is 0.256. The number of carbonyl (C=O) groups is 10. The van der Waals surface area contributed by atoms with Crippen LogP contribution in [0.1, 0.15) is 98.8 Å². The molecule has 0 unspecified atom stereocenters. The first-order valence-electron chi connectivity index (χ1n) is 11.7. The fourth-order valence-corrected chi connectivity index (χ4v) is 1.41. The van der Waals surface area contributed by atoms with Gasteiger partial charge in [0.1, 0.15) is 28.9 Å². The molecule has 236 valence electrons. The summed E-state index contributed by atoms with van der Waals surface area (Å²) in [6.45, 7) is 6.89. The van der Waals surface area contributed by atoms with Crippen molar-refractivity contribution in [3.8, 4) is 0 Å². The summed E-state index contributed by atoms with van der Waals surface area (Å²) in [6.07, 6.45) is 0.509. The number of hydrogen-bond acceptors (Lipinski definition) is 10. The number of ketones is 5. The van der Waals surface area contributed by atoms with Gasteiger partial charge in [0.25, 0.3) is 0 Å². The van der Waals surface area contributed by atoms with E-state index in [1.54, 1.807) is 0 Å². The molecular formula is C25H43Na3O15. The van der Waals surface area contributed by atoms with Crippen LogP contribution in [-0.4, -0.2) is 173 Å². The van der Waals surface area contributed by atoms with Crippen LogP contribution in [0.3, 0.4) is 0 Å². The number of carboxylic acids is 5. The van der Waals surface area contributed by atoms with Crippen molar-refractivity contribution in [1.29, 1.82) is 0 Å². The molecule has 0 aromatic heterocycles. The Morgan fingerprint density at radius 2 is 0.372 bits per heavy atom. The monoisotopic (exact) mass is 652 g/mol. The van der Waals surface area contributed by atoms with E-state index in [4.69, 9.17) is 25.5 Å². The second-order valence-corrected chi connectivity index (χ2v) is 7.98. The van der Waals surface area contributed by atoms with E-state index >= 15 is 0 Å². The summed E-state index contributed by atoms with van der Waals surface area (Å²) in [4.78, 5) is 99.2. The molecule has 0 heterocycles. The van der Waals surface area contributed by atoms with Gasteiger partial charge in [0.2, 0.25) is 0 Å². The van der Waals surface area contributed by atoms with Crippen molar-refractivity contribution in [2.45, 2.75) is 98.8 Å². The summed E-state index contributed by atoms with van der Waals surface area (Å²) < 4.78 is 0. The van der Waals surface area contributed by atoms with Gasteiger partial charge < -0.3 is 49.5 Å². The van der Waals surface area contributed by atoms with Gasteiger partial charge in [-0.3, -0.25) is 24.0 Å². The van der Waals surface area contributed by atoms with Gasteiger partial charge in [-0.1, -0.05) is 0 Å². The van der Waals surface area contributed by atoms with Crippen molar-refractivity contribution < 1.29 is 73.5 Å². The zero-order chi connectivity index (χ0) is 32.8. The summed E-state index contributed by atoms with van der Waals surface area (Å²) in [6, 6.07) is 0. The Hall–Kier alpha value is -1.30. The van der Waals surface area contributed by atoms with Crippen molar-refractivity contribution >= 4 is 147 Å². The van der Waals surface area contributed by atoms with Crippen LogP contribution in [0.2, 0.25) is 0 Å². The fourth-order valence-electron chi connectivity index (χ4n) is 1.41. The predicted molar refractivity (Wildman–Crippen MR) is 159 cm³/mol. The standard InChI is InChI=1S/5C5H8O3.3Na.3H/c5*1-4(6)2-3-5(7)8;;;;;;/h5*2-3H2,1H3,(H,7,8);;;;;;. The minimum absolute atomic E-state index is 0. The van der Waals surface area contributed by atoms with Gasteiger partial charge in [0.15, 0.2) is 0 Å². The molecule has 0 amide bonds. The molecular weight excluding hydrogens is 609 g/mol. The van der Waals surface area contributed by atoms with E-state index in [1.807, 2.05) is 0 Å². The fraction of sp³-hybridized carbons (Fsp3) is 0.600. The number of carboxylic acid groups (broad SMARTS) is 5. The number of rotatable bonds is 15. The van der Waals surface area contributed by atoms with Crippen molar-refractivity contribution in [1.82, 2.24) is 0 Å². The summed E-state index contributed by atoms with van der Waals surface area (Å²) in [7, 11) is 0. The van der Waals surface area contributed by atoms with E-state index in [0.29, 0.717) is 0 Å². The first-order chi connectivity index (χ1) is 18.1. The maximum absolute atomic E-state index is 10.1. The molecule has 0 aromatic carbocycles. The van der Waals surface area contributed by atoms with Crippen LogP contribution in [0.4, 0.5) is 0 Å². The number of Topliss-reactive ketones (excluding diaryl/α,β-unsaturated/α-hetero) is 5. The van der Waals surface area contributed by atoms with Crippen LogP contribution in [0, 0.1) is 0 Å². The topological polar surface area (TPSA) is 272 Å². The normalized spacial score (nSPS) is 8.02. The molecule has 18 heteroatoms. The Kier molecular flexibility index (Phi) is 60.6. The van der Waals surface area contributed by atoms with E-state index in [0.717, 1.165) is 0 Å². The third-order valence-corrected chi connectivity index (χ3v) is 3.45. The van der Waals surface area contributed by atoms with Gasteiger partial charge in [-0.05, 0) is 34.6 Å². The summed E-state index contributed by atoms with van der Waals surface area (Å²) in [5.41, 5.74) is 0. The molecule has 0 saturated heterocycles. The first-order valence-corrected chi connectivity index (χ1v) is 11.7. The van der Waals surface area contributed by atoms with Gasteiger partial charge in [-0.25, -0.2) is 0 Å². The van der Waals surface area contributed by atoms with Crippen LogP contribution in [0.15, 0.2) is 0 Å². The molecule has 0 bridgehead atoms. The zero-order valence-corrected chi connectivity index (χ0v) is 23.4. The number of aliphatic carboxylic acids is 5. The van der Waals surface area contributed by atoms with Gasteiger partial charge in [0, 0.05) is 32.1 Å². The van der Waals surface area contributed by atoms with Gasteiger partial charge in [-0.15, -0.1) is 0 Å². The molecule has 0 rings (SSSR count). The average Bonchev–Trinajstić information content (AvgIpc) is 2.79. The van der Waals surface area contributed by atoms with Gasteiger partial charge in [-0.2, -0.15) is 0 Å².